The van der Waals surface area contributed by atoms with Crippen molar-refractivity contribution in [3.05, 3.63) is 42.7 Å². The van der Waals surface area contributed by atoms with E-state index in [-0.39, 0.29) is 5.91 Å². The van der Waals surface area contributed by atoms with E-state index >= 15 is 0 Å². The van der Waals surface area contributed by atoms with Gasteiger partial charge in [0, 0.05) is 18.1 Å². The highest BCUT2D eigenvalue weighted by atomic mass is 16.2. The minimum Gasteiger partial charge on any atom is -0.324 e. The number of anilines is 1. The molecule has 20 heavy (non-hydrogen) atoms. The zero-order valence-corrected chi connectivity index (χ0v) is 11.5. The number of hydrogen-bond donors (Lipinski definition) is 2. The lowest BCUT2D eigenvalue weighted by atomic mass is 9.99. The second-order valence-electron chi connectivity index (χ2n) is 5.32. The average molecular weight is 270 g/mol. The fourth-order valence-electron chi connectivity index (χ4n) is 2.51. The van der Waals surface area contributed by atoms with Crippen molar-refractivity contribution >= 4 is 11.6 Å². The van der Waals surface area contributed by atoms with Crippen LogP contribution in [0, 0.1) is 0 Å². The third-order valence-electron chi connectivity index (χ3n) is 3.74. The van der Waals surface area contributed by atoms with E-state index in [4.69, 9.17) is 0 Å². The molecule has 1 atom stereocenters. The Morgan fingerprint density at radius 3 is 3.05 bits per heavy atom. The van der Waals surface area contributed by atoms with Crippen molar-refractivity contribution in [1.82, 2.24) is 15.1 Å². The predicted molar refractivity (Wildman–Crippen MR) is 77.8 cm³/mol. The standard InChI is InChI=1S/C15H18N4O/c1-15(7-3-8-16-15)14(20)18-12-5-2-6-13(11-12)19-10-4-9-17-19/h2,4-6,9-11,16H,3,7-8H2,1H3,(H,18,20). The Kier molecular flexibility index (Phi) is 3.28. The molecule has 0 bridgehead atoms. The molecule has 3 rings (SSSR count). The lowest BCUT2D eigenvalue weighted by Gasteiger charge is -2.23. The predicted octanol–water partition coefficient (Wildman–Crippen LogP) is 1.95. The molecule has 0 radical (unpaired) electrons. The van der Waals surface area contributed by atoms with Gasteiger partial charge in [0.1, 0.15) is 0 Å². The van der Waals surface area contributed by atoms with Crippen LogP contribution in [-0.2, 0) is 4.79 Å². The van der Waals surface area contributed by atoms with Gasteiger partial charge in [-0.05, 0) is 50.6 Å². The average Bonchev–Trinajstić information content (AvgIpc) is 3.11. The third-order valence-corrected chi connectivity index (χ3v) is 3.74. The maximum Gasteiger partial charge on any atom is 0.244 e. The molecule has 1 aromatic carbocycles. The molecule has 104 valence electrons. The molecule has 1 aromatic heterocycles. The molecule has 5 nitrogen and oxygen atoms in total. The molecular weight excluding hydrogens is 252 g/mol. The Hall–Kier alpha value is -2.14. The molecule has 0 aliphatic carbocycles. The van der Waals surface area contributed by atoms with Gasteiger partial charge in [0.15, 0.2) is 0 Å². The van der Waals surface area contributed by atoms with Crippen molar-refractivity contribution in [2.24, 2.45) is 0 Å². The van der Waals surface area contributed by atoms with Crippen LogP contribution in [0.2, 0.25) is 0 Å². The molecule has 2 heterocycles. The summed E-state index contributed by atoms with van der Waals surface area (Å²) in [5, 5.41) is 10.4. The topological polar surface area (TPSA) is 59.0 Å². The Balaban J connectivity index is 1.78. The molecule has 2 aromatic rings. The number of nitrogens with one attached hydrogen (secondary N) is 2. The molecule has 5 heteroatoms. The SMILES string of the molecule is CC1(C(=O)Nc2cccc(-n3cccn3)c2)CCCN1. The van der Waals surface area contributed by atoms with Gasteiger partial charge in [-0.15, -0.1) is 0 Å². The molecule has 1 aliphatic rings. The highest BCUT2D eigenvalue weighted by Crippen LogP contribution is 2.21. The summed E-state index contributed by atoms with van der Waals surface area (Å²) in [5.41, 5.74) is 1.26. The highest BCUT2D eigenvalue weighted by molar-refractivity contribution is 5.98. The fraction of sp³-hybridized carbons (Fsp3) is 0.333. The van der Waals surface area contributed by atoms with Crippen LogP contribution in [-0.4, -0.2) is 27.8 Å². The number of rotatable bonds is 3. The van der Waals surface area contributed by atoms with Gasteiger partial charge >= 0.3 is 0 Å². The summed E-state index contributed by atoms with van der Waals surface area (Å²) in [6.45, 7) is 2.85. The van der Waals surface area contributed by atoms with E-state index < -0.39 is 5.54 Å². The first-order chi connectivity index (χ1) is 9.67. The first-order valence-corrected chi connectivity index (χ1v) is 6.84. The number of carbonyl (C=O) groups is 1. The monoisotopic (exact) mass is 270 g/mol. The van der Waals surface area contributed by atoms with Gasteiger partial charge in [-0.3, -0.25) is 4.79 Å². The van der Waals surface area contributed by atoms with Crippen molar-refractivity contribution in [2.75, 3.05) is 11.9 Å². The summed E-state index contributed by atoms with van der Waals surface area (Å²) in [7, 11) is 0. The molecular formula is C15H18N4O. The zero-order chi connectivity index (χ0) is 14.0. The smallest absolute Gasteiger partial charge is 0.244 e. The van der Waals surface area contributed by atoms with Crippen molar-refractivity contribution in [2.45, 2.75) is 25.3 Å². The summed E-state index contributed by atoms with van der Waals surface area (Å²) in [6, 6.07) is 9.55. The van der Waals surface area contributed by atoms with E-state index in [2.05, 4.69) is 15.7 Å². The fourth-order valence-corrected chi connectivity index (χ4v) is 2.51. The third kappa shape index (κ3) is 2.44. The van der Waals surface area contributed by atoms with Crippen LogP contribution in [0.4, 0.5) is 5.69 Å². The Morgan fingerprint density at radius 1 is 1.45 bits per heavy atom. The summed E-state index contributed by atoms with van der Waals surface area (Å²) in [4.78, 5) is 12.3. The van der Waals surface area contributed by atoms with Gasteiger partial charge in [0.05, 0.1) is 11.2 Å². The lowest BCUT2D eigenvalue weighted by Crippen LogP contribution is -2.47. The van der Waals surface area contributed by atoms with E-state index in [1.807, 2.05) is 43.5 Å². The number of amides is 1. The number of carbonyl (C=O) groups excluding carboxylic acids is 1. The first kappa shape index (κ1) is 12.9. The van der Waals surface area contributed by atoms with Crippen molar-refractivity contribution in [3.8, 4) is 5.69 Å². The number of hydrogen-bond acceptors (Lipinski definition) is 3. The van der Waals surface area contributed by atoms with E-state index in [0.717, 1.165) is 30.8 Å². The lowest BCUT2D eigenvalue weighted by molar-refractivity contribution is -0.121. The van der Waals surface area contributed by atoms with Gasteiger partial charge in [0.25, 0.3) is 0 Å². The van der Waals surface area contributed by atoms with Gasteiger partial charge in [-0.1, -0.05) is 6.07 Å². The van der Waals surface area contributed by atoms with Gasteiger partial charge in [0.2, 0.25) is 5.91 Å². The number of nitrogens with zero attached hydrogens (tertiary/aromatic N) is 2. The maximum atomic E-state index is 12.3. The first-order valence-electron chi connectivity index (χ1n) is 6.84. The minimum atomic E-state index is -0.457. The Morgan fingerprint density at radius 2 is 2.35 bits per heavy atom. The molecule has 0 saturated carbocycles. The summed E-state index contributed by atoms with van der Waals surface area (Å²) in [6.07, 6.45) is 5.52. The van der Waals surface area contributed by atoms with E-state index in [1.54, 1.807) is 10.9 Å². The van der Waals surface area contributed by atoms with Gasteiger partial charge < -0.3 is 10.6 Å². The van der Waals surface area contributed by atoms with Crippen LogP contribution < -0.4 is 10.6 Å². The van der Waals surface area contributed by atoms with Gasteiger partial charge in [-0.2, -0.15) is 5.10 Å². The van der Waals surface area contributed by atoms with Crippen LogP contribution >= 0.6 is 0 Å². The van der Waals surface area contributed by atoms with Crippen LogP contribution in [0.25, 0.3) is 5.69 Å². The molecule has 1 fully saturated rings. The van der Waals surface area contributed by atoms with E-state index in [1.165, 1.54) is 0 Å². The molecule has 2 N–H and O–H groups in total. The maximum absolute atomic E-state index is 12.3. The summed E-state index contributed by atoms with van der Waals surface area (Å²) in [5.74, 6) is 0.0209. The number of aromatic nitrogens is 2. The van der Waals surface area contributed by atoms with Crippen LogP contribution in [0.5, 0.6) is 0 Å². The van der Waals surface area contributed by atoms with Gasteiger partial charge in [-0.25, -0.2) is 4.68 Å². The highest BCUT2D eigenvalue weighted by Gasteiger charge is 2.35. The largest absolute Gasteiger partial charge is 0.324 e. The van der Waals surface area contributed by atoms with Crippen molar-refractivity contribution in [1.29, 1.82) is 0 Å². The molecule has 0 spiro atoms. The van der Waals surface area contributed by atoms with Crippen molar-refractivity contribution < 1.29 is 4.79 Å². The summed E-state index contributed by atoms with van der Waals surface area (Å²) >= 11 is 0. The molecule has 1 saturated heterocycles. The molecule has 1 aliphatic heterocycles. The molecule has 1 amide bonds. The van der Waals surface area contributed by atoms with Crippen LogP contribution in [0.15, 0.2) is 42.7 Å². The second kappa shape index (κ2) is 5.09. The summed E-state index contributed by atoms with van der Waals surface area (Å²) < 4.78 is 1.77. The zero-order valence-electron chi connectivity index (χ0n) is 11.5. The van der Waals surface area contributed by atoms with Crippen molar-refractivity contribution in [3.63, 3.8) is 0 Å². The normalized spacial score (nSPS) is 21.9. The van der Waals surface area contributed by atoms with E-state index in [9.17, 15) is 4.79 Å². The number of benzene rings is 1. The minimum absolute atomic E-state index is 0.0209. The van der Waals surface area contributed by atoms with Crippen LogP contribution in [0.1, 0.15) is 19.8 Å². The Bertz CT molecular complexity index is 600. The molecule has 1 unspecified atom stereocenters. The second-order valence-corrected chi connectivity index (χ2v) is 5.32. The quantitative estimate of drug-likeness (QED) is 0.896. The Labute approximate surface area is 118 Å². The van der Waals surface area contributed by atoms with Crippen LogP contribution in [0.3, 0.4) is 0 Å². The van der Waals surface area contributed by atoms with E-state index in [0.29, 0.717) is 0 Å².